The maximum atomic E-state index is 12.2. The summed E-state index contributed by atoms with van der Waals surface area (Å²) in [6.07, 6.45) is 2.68. The fraction of sp³-hybridized carbons (Fsp3) is 0.562. The van der Waals surface area contributed by atoms with Crippen LogP contribution in [0.1, 0.15) is 33.1 Å². The van der Waals surface area contributed by atoms with Crippen molar-refractivity contribution in [2.45, 2.75) is 45.2 Å². The Hall–Kier alpha value is -1.71. The highest BCUT2D eigenvalue weighted by Crippen LogP contribution is 2.29. The molecular formula is C16H23NO3. The molecule has 0 atom stereocenters. The van der Waals surface area contributed by atoms with E-state index < -0.39 is 0 Å². The van der Waals surface area contributed by atoms with Gasteiger partial charge in [-0.3, -0.25) is 4.79 Å². The third-order valence-corrected chi connectivity index (χ3v) is 3.43. The molecule has 1 aromatic rings. The molecule has 4 nitrogen and oxygen atoms in total. The maximum absolute atomic E-state index is 12.2. The summed E-state index contributed by atoms with van der Waals surface area (Å²) in [5.41, 5.74) is 0. The van der Waals surface area contributed by atoms with Gasteiger partial charge in [0.2, 0.25) is 5.91 Å². The highest BCUT2D eigenvalue weighted by molar-refractivity contribution is 5.77. The molecule has 4 heteroatoms. The second kappa shape index (κ2) is 6.64. The van der Waals surface area contributed by atoms with E-state index in [0.29, 0.717) is 30.6 Å². The Morgan fingerprint density at radius 1 is 1.30 bits per heavy atom. The SMILES string of the molecule is COc1ccccc1OCCC(=O)N(C(C)C)C1CC1. The van der Waals surface area contributed by atoms with Gasteiger partial charge in [-0.1, -0.05) is 12.1 Å². The second-order valence-electron chi connectivity index (χ2n) is 5.38. The van der Waals surface area contributed by atoms with Crippen LogP contribution in [0.15, 0.2) is 24.3 Å². The zero-order valence-electron chi connectivity index (χ0n) is 12.5. The molecule has 20 heavy (non-hydrogen) atoms. The van der Waals surface area contributed by atoms with E-state index in [9.17, 15) is 4.79 Å². The average Bonchev–Trinajstić information content (AvgIpc) is 3.23. The van der Waals surface area contributed by atoms with Crippen molar-refractivity contribution in [3.05, 3.63) is 24.3 Å². The number of nitrogens with zero attached hydrogens (tertiary/aromatic N) is 1. The number of amides is 1. The van der Waals surface area contributed by atoms with Gasteiger partial charge in [0.1, 0.15) is 0 Å². The molecule has 0 bridgehead atoms. The molecule has 0 saturated heterocycles. The third kappa shape index (κ3) is 3.65. The quantitative estimate of drug-likeness (QED) is 0.769. The van der Waals surface area contributed by atoms with Crippen LogP contribution in [0.3, 0.4) is 0 Å². The van der Waals surface area contributed by atoms with E-state index >= 15 is 0 Å². The molecule has 1 saturated carbocycles. The number of hydrogen-bond donors (Lipinski definition) is 0. The monoisotopic (exact) mass is 277 g/mol. The van der Waals surface area contributed by atoms with Crippen LogP contribution in [-0.4, -0.2) is 36.6 Å². The number of carbonyl (C=O) groups is 1. The molecule has 0 N–H and O–H groups in total. The van der Waals surface area contributed by atoms with E-state index in [4.69, 9.17) is 9.47 Å². The summed E-state index contributed by atoms with van der Waals surface area (Å²) in [4.78, 5) is 14.2. The Kier molecular flexibility index (Phi) is 4.88. The van der Waals surface area contributed by atoms with Crippen LogP contribution in [0.2, 0.25) is 0 Å². The van der Waals surface area contributed by atoms with Crippen LogP contribution in [0, 0.1) is 0 Å². The van der Waals surface area contributed by atoms with Gasteiger partial charge >= 0.3 is 0 Å². The predicted octanol–water partition coefficient (Wildman–Crippen LogP) is 2.86. The Balaban J connectivity index is 1.84. The summed E-state index contributed by atoms with van der Waals surface area (Å²) in [5, 5.41) is 0. The van der Waals surface area contributed by atoms with Crippen LogP contribution in [-0.2, 0) is 4.79 Å². The van der Waals surface area contributed by atoms with Crippen LogP contribution < -0.4 is 9.47 Å². The number of carbonyl (C=O) groups excluding carboxylic acids is 1. The van der Waals surface area contributed by atoms with Crippen LogP contribution in [0.5, 0.6) is 11.5 Å². The number of benzene rings is 1. The minimum atomic E-state index is 0.178. The fourth-order valence-corrected chi connectivity index (χ4v) is 2.38. The van der Waals surface area contributed by atoms with Crippen molar-refractivity contribution in [3.63, 3.8) is 0 Å². The summed E-state index contributed by atoms with van der Waals surface area (Å²) in [6.45, 7) is 4.52. The molecule has 1 aliphatic rings. The first-order valence-corrected chi connectivity index (χ1v) is 7.20. The third-order valence-electron chi connectivity index (χ3n) is 3.43. The number of ether oxygens (including phenoxy) is 2. The van der Waals surface area contributed by atoms with Gasteiger partial charge in [0.15, 0.2) is 11.5 Å². The van der Waals surface area contributed by atoms with E-state index in [1.54, 1.807) is 7.11 Å². The standard InChI is InChI=1S/C16H23NO3/c1-12(2)17(13-8-9-13)16(18)10-11-20-15-7-5-4-6-14(15)19-3/h4-7,12-13H,8-11H2,1-3H3. The van der Waals surface area contributed by atoms with Crippen molar-refractivity contribution in [1.29, 1.82) is 0 Å². The van der Waals surface area contributed by atoms with Gasteiger partial charge in [-0.05, 0) is 38.8 Å². The summed E-state index contributed by atoms with van der Waals surface area (Å²) in [7, 11) is 1.61. The topological polar surface area (TPSA) is 38.8 Å². The molecule has 1 aliphatic carbocycles. The summed E-state index contributed by atoms with van der Waals surface area (Å²) in [6, 6.07) is 8.20. The molecule has 2 rings (SSSR count). The summed E-state index contributed by atoms with van der Waals surface area (Å²) in [5.74, 6) is 1.56. The molecule has 0 heterocycles. The summed E-state index contributed by atoms with van der Waals surface area (Å²) < 4.78 is 10.9. The van der Waals surface area contributed by atoms with Gasteiger partial charge in [0.05, 0.1) is 20.1 Å². The van der Waals surface area contributed by atoms with E-state index in [2.05, 4.69) is 13.8 Å². The molecule has 0 radical (unpaired) electrons. The van der Waals surface area contributed by atoms with E-state index in [-0.39, 0.29) is 11.9 Å². The van der Waals surface area contributed by atoms with Crippen molar-refractivity contribution >= 4 is 5.91 Å². The molecular weight excluding hydrogens is 254 g/mol. The molecule has 1 fully saturated rings. The molecule has 1 amide bonds. The van der Waals surface area contributed by atoms with E-state index in [0.717, 1.165) is 12.8 Å². The molecule has 0 unspecified atom stereocenters. The lowest BCUT2D eigenvalue weighted by atomic mass is 10.2. The van der Waals surface area contributed by atoms with Crippen LogP contribution in [0.4, 0.5) is 0 Å². The second-order valence-corrected chi connectivity index (χ2v) is 5.38. The minimum Gasteiger partial charge on any atom is -0.493 e. The Labute approximate surface area is 120 Å². The molecule has 110 valence electrons. The molecule has 0 aromatic heterocycles. The summed E-state index contributed by atoms with van der Waals surface area (Å²) >= 11 is 0. The van der Waals surface area contributed by atoms with Crippen molar-refractivity contribution in [2.24, 2.45) is 0 Å². The van der Waals surface area contributed by atoms with Crippen molar-refractivity contribution in [3.8, 4) is 11.5 Å². The highest BCUT2D eigenvalue weighted by atomic mass is 16.5. The van der Waals surface area contributed by atoms with Crippen molar-refractivity contribution < 1.29 is 14.3 Å². The van der Waals surface area contributed by atoms with Crippen molar-refractivity contribution in [1.82, 2.24) is 4.90 Å². The maximum Gasteiger partial charge on any atom is 0.226 e. The first-order chi connectivity index (χ1) is 9.63. The predicted molar refractivity (Wildman–Crippen MR) is 78.1 cm³/mol. The number of hydrogen-bond acceptors (Lipinski definition) is 3. The first-order valence-electron chi connectivity index (χ1n) is 7.20. The molecule has 0 aliphatic heterocycles. The van der Waals surface area contributed by atoms with Gasteiger partial charge in [-0.25, -0.2) is 0 Å². The van der Waals surface area contributed by atoms with Crippen LogP contribution in [0.25, 0.3) is 0 Å². The van der Waals surface area contributed by atoms with E-state index in [1.165, 1.54) is 0 Å². The van der Waals surface area contributed by atoms with Gasteiger partial charge < -0.3 is 14.4 Å². The van der Waals surface area contributed by atoms with Gasteiger partial charge in [0.25, 0.3) is 0 Å². The minimum absolute atomic E-state index is 0.178. The van der Waals surface area contributed by atoms with E-state index in [1.807, 2.05) is 29.2 Å². The Morgan fingerprint density at radius 3 is 2.50 bits per heavy atom. The van der Waals surface area contributed by atoms with Crippen LogP contribution >= 0.6 is 0 Å². The lowest BCUT2D eigenvalue weighted by Gasteiger charge is -2.26. The van der Waals surface area contributed by atoms with Gasteiger partial charge in [-0.15, -0.1) is 0 Å². The zero-order chi connectivity index (χ0) is 14.5. The highest BCUT2D eigenvalue weighted by Gasteiger charge is 2.33. The zero-order valence-corrected chi connectivity index (χ0v) is 12.5. The molecule has 1 aromatic carbocycles. The largest absolute Gasteiger partial charge is 0.493 e. The Bertz CT molecular complexity index is 453. The Morgan fingerprint density at radius 2 is 1.95 bits per heavy atom. The van der Waals surface area contributed by atoms with Crippen molar-refractivity contribution in [2.75, 3.05) is 13.7 Å². The van der Waals surface area contributed by atoms with Gasteiger partial charge in [0, 0.05) is 12.1 Å². The fourth-order valence-electron chi connectivity index (χ4n) is 2.38. The first kappa shape index (κ1) is 14.7. The number of rotatable bonds is 7. The number of methoxy groups -OCH3 is 1. The van der Waals surface area contributed by atoms with Gasteiger partial charge in [-0.2, -0.15) is 0 Å². The number of para-hydroxylation sites is 2. The lowest BCUT2D eigenvalue weighted by molar-refractivity contribution is -0.134. The smallest absolute Gasteiger partial charge is 0.226 e. The lowest BCUT2D eigenvalue weighted by Crippen LogP contribution is -2.39. The normalized spacial score (nSPS) is 14.2. The average molecular weight is 277 g/mol. The molecule has 0 spiro atoms.